The fraction of sp³-hybridized carbons (Fsp3) is 0.364. The number of nitrogens with one attached hydrogen (secondary N) is 1. The molecule has 1 aliphatic rings. The number of rotatable bonds is 2. The van der Waals surface area contributed by atoms with Crippen LogP contribution in [0.1, 0.15) is 18.4 Å². The number of aryl methyl sites for hydroxylation is 1. The number of amides is 1. The van der Waals surface area contributed by atoms with Crippen LogP contribution in [0.4, 0.5) is 11.4 Å². The topological polar surface area (TPSA) is 55.1 Å². The SMILES string of the molecule is Cc1cc(N)c(NC(=O)C2CC2)c(Br)c1. The lowest BCUT2D eigenvalue weighted by molar-refractivity contribution is -0.117. The summed E-state index contributed by atoms with van der Waals surface area (Å²) in [7, 11) is 0. The summed E-state index contributed by atoms with van der Waals surface area (Å²) in [5.41, 5.74) is 8.22. The number of nitrogen functional groups attached to an aromatic ring is 1. The first kappa shape index (κ1) is 10.5. The molecule has 1 fully saturated rings. The zero-order valence-corrected chi connectivity index (χ0v) is 10.1. The molecule has 0 saturated heterocycles. The van der Waals surface area contributed by atoms with Crippen LogP contribution in [0.25, 0.3) is 0 Å². The number of carbonyl (C=O) groups is 1. The number of hydrogen-bond donors (Lipinski definition) is 2. The first-order valence-corrected chi connectivity index (χ1v) is 5.73. The van der Waals surface area contributed by atoms with Gasteiger partial charge in [0.1, 0.15) is 0 Å². The third-order valence-corrected chi connectivity index (χ3v) is 3.09. The normalized spacial score (nSPS) is 15.1. The molecule has 0 bridgehead atoms. The molecule has 0 heterocycles. The second-order valence-corrected chi connectivity index (χ2v) is 4.83. The molecule has 3 N–H and O–H groups in total. The summed E-state index contributed by atoms with van der Waals surface area (Å²) >= 11 is 3.40. The van der Waals surface area contributed by atoms with E-state index in [4.69, 9.17) is 5.73 Å². The first-order chi connectivity index (χ1) is 7.08. The zero-order valence-electron chi connectivity index (χ0n) is 8.51. The molecule has 1 amide bonds. The molecule has 0 aliphatic heterocycles. The van der Waals surface area contributed by atoms with Crippen LogP contribution in [0.2, 0.25) is 0 Å². The van der Waals surface area contributed by atoms with Crippen molar-refractivity contribution in [3.05, 3.63) is 22.2 Å². The molecule has 0 radical (unpaired) electrons. The van der Waals surface area contributed by atoms with Gasteiger partial charge in [-0.05, 0) is 53.4 Å². The quantitative estimate of drug-likeness (QED) is 0.811. The highest BCUT2D eigenvalue weighted by molar-refractivity contribution is 9.10. The standard InChI is InChI=1S/C11H13BrN2O/c1-6-4-8(12)10(9(13)5-6)14-11(15)7-2-3-7/h4-5,7H,2-3,13H2,1H3,(H,14,15). The summed E-state index contributed by atoms with van der Waals surface area (Å²) in [6.45, 7) is 1.97. The predicted octanol–water partition coefficient (Wildman–Crippen LogP) is 2.69. The van der Waals surface area contributed by atoms with Crippen molar-refractivity contribution in [3.8, 4) is 0 Å². The van der Waals surface area contributed by atoms with Crippen molar-refractivity contribution >= 4 is 33.2 Å². The third kappa shape index (κ3) is 2.31. The van der Waals surface area contributed by atoms with Crippen molar-refractivity contribution in [2.75, 3.05) is 11.1 Å². The first-order valence-electron chi connectivity index (χ1n) is 4.94. The predicted molar refractivity (Wildman–Crippen MR) is 64.6 cm³/mol. The minimum atomic E-state index is 0.0752. The van der Waals surface area contributed by atoms with Crippen molar-refractivity contribution in [1.29, 1.82) is 0 Å². The van der Waals surface area contributed by atoms with Gasteiger partial charge in [0, 0.05) is 10.4 Å². The largest absolute Gasteiger partial charge is 0.397 e. The molecule has 0 unspecified atom stereocenters. The van der Waals surface area contributed by atoms with E-state index in [9.17, 15) is 4.79 Å². The van der Waals surface area contributed by atoms with E-state index in [0.717, 1.165) is 22.9 Å². The number of carbonyl (C=O) groups excluding carboxylic acids is 1. The van der Waals surface area contributed by atoms with E-state index in [1.165, 1.54) is 0 Å². The van der Waals surface area contributed by atoms with Gasteiger partial charge in [-0.1, -0.05) is 0 Å². The van der Waals surface area contributed by atoms with E-state index in [2.05, 4.69) is 21.2 Å². The lowest BCUT2D eigenvalue weighted by Gasteiger charge is -2.10. The fourth-order valence-corrected chi connectivity index (χ4v) is 2.16. The molecule has 1 saturated carbocycles. The summed E-state index contributed by atoms with van der Waals surface area (Å²) in [5.74, 6) is 0.267. The number of hydrogen-bond acceptors (Lipinski definition) is 2. The van der Waals surface area contributed by atoms with E-state index < -0.39 is 0 Å². The Morgan fingerprint density at radius 3 is 2.73 bits per heavy atom. The molecule has 1 aliphatic carbocycles. The average Bonchev–Trinajstić information content (AvgIpc) is 2.93. The molecule has 0 aromatic heterocycles. The molecule has 1 aromatic carbocycles. The molecular formula is C11H13BrN2O. The van der Waals surface area contributed by atoms with Crippen LogP contribution in [0, 0.1) is 12.8 Å². The van der Waals surface area contributed by atoms with Crippen LogP contribution < -0.4 is 11.1 Å². The Balaban J connectivity index is 2.23. The summed E-state index contributed by atoms with van der Waals surface area (Å²) < 4.78 is 0.842. The van der Waals surface area contributed by atoms with Gasteiger partial charge in [0.15, 0.2) is 0 Å². The second kappa shape index (κ2) is 3.85. The molecule has 1 aromatic rings. The summed E-state index contributed by atoms with van der Waals surface area (Å²) in [4.78, 5) is 11.6. The maximum atomic E-state index is 11.6. The molecular weight excluding hydrogens is 256 g/mol. The Bertz CT molecular complexity index is 390. The highest BCUT2D eigenvalue weighted by atomic mass is 79.9. The Morgan fingerprint density at radius 1 is 1.53 bits per heavy atom. The van der Waals surface area contributed by atoms with Gasteiger partial charge >= 0.3 is 0 Å². The minimum absolute atomic E-state index is 0.0752. The summed E-state index contributed by atoms with van der Waals surface area (Å²) in [6.07, 6.45) is 1.99. The van der Waals surface area contributed by atoms with Gasteiger partial charge in [0.2, 0.25) is 5.91 Å². The monoisotopic (exact) mass is 268 g/mol. The molecule has 4 heteroatoms. The molecule has 2 rings (SSSR count). The number of nitrogens with two attached hydrogens (primary N) is 1. The molecule has 15 heavy (non-hydrogen) atoms. The van der Waals surface area contributed by atoms with Crippen molar-refractivity contribution < 1.29 is 4.79 Å². The van der Waals surface area contributed by atoms with Crippen LogP contribution in [0.15, 0.2) is 16.6 Å². The van der Waals surface area contributed by atoms with Crippen molar-refractivity contribution in [2.24, 2.45) is 5.92 Å². The number of benzene rings is 1. The van der Waals surface area contributed by atoms with E-state index >= 15 is 0 Å². The van der Waals surface area contributed by atoms with Crippen LogP contribution in [-0.2, 0) is 4.79 Å². The highest BCUT2D eigenvalue weighted by Gasteiger charge is 2.30. The van der Waals surface area contributed by atoms with Gasteiger partial charge in [-0.25, -0.2) is 0 Å². The maximum absolute atomic E-state index is 11.6. The van der Waals surface area contributed by atoms with E-state index in [1.54, 1.807) is 0 Å². The van der Waals surface area contributed by atoms with E-state index in [-0.39, 0.29) is 11.8 Å². The third-order valence-electron chi connectivity index (χ3n) is 2.46. The Kier molecular flexibility index (Phi) is 2.69. The average molecular weight is 269 g/mol. The van der Waals surface area contributed by atoms with Crippen LogP contribution >= 0.6 is 15.9 Å². The van der Waals surface area contributed by atoms with Crippen LogP contribution in [-0.4, -0.2) is 5.91 Å². The summed E-state index contributed by atoms with van der Waals surface area (Å²) in [5, 5.41) is 2.86. The van der Waals surface area contributed by atoms with Gasteiger partial charge in [0.05, 0.1) is 11.4 Å². The smallest absolute Gasteiger partial charge is 0.227 e. The Hall–Kier alpha value is -1.03. The number of halogens is 1. The van der Waals surface area contributed by atoms with E-state index in [0.29, 0.717) is 11.4 Å². The lowest BCUT2D eigenvalue weighted by atomic mass is 10.2. The van der Waals surface area contributed by atoms with Crippen LogP contribution in [0.5, 0.6) is 0 Å². The Labute approximate surface area is 97.2 Å². The fourth-order valence-electron chi connectivity index (χ4n) is 1.47. The van der Waals surface area contributed by atoms with Crippen molar-refractivity contribution in [1.82, 2.24) is 0 Å². The molecule has 80 valence electrons. The van der Waals surface area contributed by atoms with Gasteiger partial charge in [-0.15, -0.1) is 0 Å². The summed E-state index contributed by atoms with van der Waals surface area (Å²) in [6, 6.07) is 3.80. The Morgan fingerprint density at radius 2 is 2.20 bits per heavy atom. The van der Waals surface area contributed by atoms with Gasteiger partial charge in [-0.3, -0.25) is 4.79 Å². The lowest BCUT2D eigenvalue weighted by Crippen LogP contribution is -2.15. The van der Waals surface area contributed by atoms with E-state index in [1.807, 2.05) is 19.1 Å². The van der Waals surface area contributed by atoms with Gasteiger partial charge < -0.3 is 11.1 Å². The van der Waals surface area contributed by atoms with Crippen molar-refractivity contribution in [2.45, 2.75) is 19.8 Å². The van der Waals surface area contributed by atoms with Gasteiger partial charge in [0.25, 0.3) is 0 Å². The second-order valence-electron chi connectivity index (χ2n) is 3.97. The minimum Gasteiger partial charge on any atom is -0.397 e. The van der Waals surface area contributed by atoms with Crippen molar-refractivity contribution in [3.63, 3.8) is 0 Å². The molecule has 0 spiro atoms. The van der Waals surface area contributed by atoms with Gasteiger partial charge in [-0.2, -0.15) is 0 Å². The highest BCUT2D eigenvalue weighted by Crippen LogP contribution is 2.34. The molecule has 3 nitrogen and oxygen atoms in total. The maximum Gasteiger partial charge on any atom is 0.227 e. The van der Waals surface area contributed by atoms with Crippen LogP contribution in [0.3, 0.4) is 0 Å². The molecule has 0 atom stereocenters. The number of anilines is 2. The zero-order chi connectivity index (χ0) is 11.0.